The van der Waals surface area contributed by atoms with Gasteiger partial charge in [-0.15, -0.1) is 0 Å². The minimum atomic E-state index is -0.603. The van der Waals surface area contributed by atoms with Crippen LogP contribution in [-0.2, 0) is 4.79 Å². The molecule has 1 heterocycles. The molecule has 2 unspecified atom stereocenters. The van der Waals surface area contributed by atoms with Crippen molar-refractivity contribution in [3.8, 4) is 0 Å². The van der Waals surface area contributed by atoms with Crippen LogP contribution in [0.5, 0.6) is 0 Å². The first-order chi connectivity index (χ1) is 20.7. The van der Waals surface area contributed by atoms with E-state index in [4.69, 9.17) is 0 Å². The Morgan fingerprint density at radius 1 is 0.643 bits per heavy atom. The minimum absolute atomic E-state index is 0.111. The van der Waals surface area contributed by atoms with Crippen molar-refractivity contribution in [2.75, 3.05) is 19.6 Å². The van der Waals surface area contributed by atoms with Gasteiger partial charge in [-0.1, -0.05) is 167 Å². The molecule has 0 aromatic heterocycles. The van der Waals surface area contributed by atoms with Gasteiger partial charge >= 0.3 is 0 Å². The summed E-state index contributed by atoms with van der Waals surface area (Å²) >= 11 is 0. The van der Waals surface area contributed by atoms with Crippen molar-refractivity contribution in [2.24, 2.45) is 0 Å². The number of nitrogens with one attached hydrogen (secondary N) is 1. The molecule has 4 heteroatoms. The molecule has 1 aliphatic heterocycles. The van der Waals surface area contributed by atoms with E-state index >= 15 is 0 Å². The summed E-state index contributed by atoms with van der Waals surface area (Å²) in [7, 11) is 0. The van der Waals surface area contributed by atoms with Crippen molar-refractivity contribution >= 4 is 5.91 Å². The van der Waals surface area contributed by atoms with Crippen LogP contribution in [-0.4, -0.2) is 47.7 Å². The lowest BCUT2D eigenvalue weighted by atomic mass is 10.0. The average Bonchev–Trinajstić information content (AvgIpc) is 3.50. The molecule has 1 rings (SSSR count). The Kier molecular flexibility index (Phi) is 28.1. The number of unbranched alkanes of at least 4 members (excludes halogenated alkanes) is 23. The van der Waals surface area contributed by atoms with E-state index in [1.165, 1.54) is 154 Å². The van der Waals surface area contributed by atoms with Gasteiger partial charge in [0, 0.05) is 13.0 Å². The van der Waals surface area contributed by atoms with Crippen molar-refractivity contribution < 1.29 is 9.90 Å². The number of aliphatic hydroxyl groups excluding tert-OH is 1. The topological polar surface area (TPSA) is 52.6 Å². The number of allylic oxidation sites excluding steroid dienone is 1. The predicted octanol–water partition coefficient (Wildman–Crippen LogP) is 10.7. The quantitative estimate of drug-likeness (QED) is 0.0624. The van der Waals surface area contributed by atoms with Crippen molar-refractivity contribution in [1.82, 2.24) is 10.2 Å². The summed E-state index contributed by atoms with van der Waals surface area (Å²) in [5.74, 6) is 0.111. The van der Waals surface area contributed by atoms with E-state index in [0.717, 1.165) is 38.9 Å². The largest absolute Gasteiger partial charge is 0.387 e. The summed E-state index contributed by atoms with van der Waals surface area (Å²) in [6.45, 7) is 7.49. The average molecular weight is 591 g/mol. The Morgan fingerprint density at radius 2 is 1.05 bits per heavy atom. The van der Waals surface area contributed by atoms with E-state index < -0.39 is 6.10 Å². The fourth-order valence-corrected chi connectivity index (χ4v) is 6.36. The number of hydrogen-bond donors (Lipinski definition) is 2. The molecule has 4 nitrogen and oxygen atoms in total. The van der Waals surface area contributed by atoms with Crippen LogP contribution in [0.1, 0.15) is 194 Å². The Hall–Kier alpha value is -0.870. The second-order valence-electron chi connectivity index (χ2n) is 13.4. The lowest BCUT2D eigenvalue weighted by molar-refractivity contribution is -0.122. The smallest absolute Gasteiger partial charge is 0.220 e. The number of nitrogens with zero attached hydrogens (tertiary/aromatic N) is 1. The highest BCUT2D eigenvalue weighted by Crippen LogP contribution is 2.15. The molecule has 248 valence electrons. The molecule has 1 aliphatic rings. The second-order valence-corrected chi connectivity index (χ2v) is 13.4. The van der Waals surface area contributed by atoms with Gasteiger partial charge in [0.05, 0.1) is 12.1 Å². The highest BCUT2D eigenvalue weighted by atomic mass is 16.3. The first kappa shape index (κ1) is 39.2. The number of aliphatic hydroxyl groups is 1. The van der Waals surface area contributed by atoms with E-state index in [2.05, 4.69) is 30.1 Å². The lowest BCUT2D eigenvalue weighted by Crippen LogP contribution is -2.49. The number of carbonyl (C=O) groups excluding carboxylic acids is 1. The molecule has 0 aromatic rings. The van der Waals surface area contributed by atoms with Crippen LogP contribution in [0.3, 0.4) is 0 Å². The zero-order chi connectivity index (χ0) is 30.4. The maximum absolute atomic E-state index is 12.8. The van der Waals surface area contributed by atoms with Gasteiger partial charge in [-0.2, -0.15) is 0 Å². The monoisotopic (exact) mass is 591 g/mol. The second kappa shape index (κ2) is 30.2. The van der Waals surface area contributed by atoms with Gasteiger partial charge in [-0.25, -0.2) is 0 Å². The molecular weight excluding hydrogens is 516 g/mol. The normalized spacial score (nSPS) is 15.5. The van der Waals surface area contributed by atoms with Gasteiger partial charge in [0.2, 0.25) is 5.91 Å². The summed E-state index contributed by atoms with van der Waals surface area (Å²) in [5, 5.41) is 14.2. The summed E-state index contributed by atoms with van der Waals surface area (Å²) in [6, 6.07) is -0.203. The lowest BCUT2D eigenvalue weighted by Gasteiger charge is -2.27. The van der Waals surface area contributed by atoms with Crippen LogP contribution in [0.15, 0.2) is 12.2 Å². The number of likely N-dealkylation sites (tertiary alicyclic amines) is 1. The predicted molar refractivity (Wildman–Crippen MR) is 184 cm³/mol. The van der Waals surface area contributed by atoms with Crippen molar-refractivity contribution in [3.63, 3.8) is 0 Å². The van der Waals surface area contributed by atoms with Gasteiger partial charge in [-0.3, -0.25) is 4.79 Å². The SMILES string of the molecule is CCCCCCCCCCCCCC=CC(O)C(CN1CCCC1)NC(=O)CCCCCCCCCCCCCCC. The standard InChI is InChI=1S/C38H74N2O2/c1-3-5-7-9-11-13-15-17-19-21-23-25-27-31-37(41)36(35-40-33-29-30-34-40)39-38(42)32-28-26-24-22-20-18-16-14-12-10-8-6-4-2/h27,31,36-37,41H,3-26,28-30,32-35H2,1-2H3,(H,39,42). The molecule has 1 saturated heterocycles. The molecule has 0 saturated carbocycles. The summed E-state index contributed by atoms with van der Waals surface area (Å²) in [6.07, 6.45) is 39.6. The zero-order valence-corrected chi connectivity index (χ0v) is 28.5. The van der Waals surface area contributed by atoms with Crippen LogP contribution >= 0.6 is 0 Å². The third kappa shape index (κ3) is 24.6. The highest BCUT2D eigenvalue weighted by Gasteiger charge is 2.23. The molecule has 0 spiro atoms. The van der Waals surface area contributed by atoms with Gasteiger partial charge < -0.3 is 15.3 Å². The molecule has 42 heavy (non-hydrogen) atoms. The Labute approximate surface area is 263 Å². The third-order valence-corrected chi connectivity index (χ3v) is 9.23. The Morgan fingerprint density at radius 3 is 1.50 bits per heavy atom. The van der Waals surface area contributed by atoms with E-state index in [-0.39, 0.29) is 11.9 Å². The molecule has 2 N–H and O–H groups in total. The van der Waals surface area contributed by atoms with Crippen LogP contribution in [0, 0.1) is 0 Å². The maximum atomic E-state index is 12.8. The molecule has 0 aromatic carbocycles. The Bertz CT molecular complexity index is 602. The molecule has 0 bridgehead atoms. The highest BCUT2D eigenvalue weighted by molar-refractivity contribution is 5.76. The zero-order valence-electron chi connectivity index (χ0n) is 28.5. The number of hydrogen-bond acceptors (Lipinski definition) is 3. The molecular formula is C38H74N2O2. The molecule has 0 aliphatic carbocycles. The number of amides is 1. The maximum Gasteiger partial charge on any atom is 0.220 e. The first-order valence-corrected chi connectivity index (χ1v) is 19.0. The van der Waals surface area contributed by atoms with Gasteiger partial charge in [0.25, 0.3) is 0 Å². The van der Waals surface area contributed by atoms with E-state index in [1.54, 1.807) is 0 Å². The number of carbonyl (C=O) groups is 1. The summed E-state index contributed by atoms with van der Waals surface area (Å²) < 4.78 is 0. The molecule has 1 amide bonds. The fourth-order valence-electron chi connectivity index (χ4n) is 6.36. The van der Waals surface area contributed by atoms with Crippen molar-refractivity contribution in [1.29, 1.82) is 0 Å². The fraction of sp³-hybridized carbons (Fsp3) is 0.921. The van der Waals surface area contributed by atoms with Crippen molar-refractivity contribution in [2.45, 2.75) is 206 Å². The van der Waals surface area contributed by atoms with Gasteiger partial charge in [0.1, 0.15) is 0 Å². The van der Waals surface area contributed by atoms with Gasteiger partial charge in [0.15, 0.2) is 0 Å². The van der Waals surface area contributed by atoms with Crippen LogP contribution in [0.4, 0.5) is 0 Å². The molecule has 0 radical (unpaired) electrons. The van der Waals surface area contributed by atoms with E-state index in [0.29, 0.717) is 6.42 Å². The molecule has 2 atom stereocenters. The van der Waals surface area contributed by atoms with Crippen molar-refractivity contribution in [3.05, 3.63) is 12.2 Å². The van der Waals surface area contributed by atoms with Crippen LogP contribution in [0.2, 0.25) is 0 Å². The van der Waals surface area contributed by atoms with Crippen LogP contribution in [0.25, 0.3) is 0 Å². The van der Waals surface area contributed by atoms with Crippen LogP contribution < -0.4 is 5.32 Å². The minimum Gasteiger partial charge on any atom is -0.387 e. The van der Waals surface area contributed by atoms with E-state index in [1.807, 2.05) is 6.08 Å². The third-order valence-electron chi connectivity index (χ3n) is 9.23. The summed E-state index contributed by atoms with van der Waals surface area (Å²) in [5.41, 5.74) is 0. The first-order valence-electron chi connectivity index (χ1n) is 19.0. The molecule has 1 fully saturated rings. The van der Waals surface area contributed by atoms with E-state index in [9.17, 15) is 9.90 Å². The van der Waals surface area contributed by atoms with Gasteiger partial charge in [-0.05, 0) is 45.2 Å². The summed E-state index contributed by atoms with van der Waals surface area (Å²) in [4.78, 5) is 15.2. The number of rotatable bonds is 31. The Balaban J connectivity index is 2.14.